The second-order valence-electron chi connectivity index (χ2n) is 6.89. The van der Waals surface area contributed by atoms with Gasteiger partial charge in [0.15, 0.2) is 0 Å². The largest absolute Gasteiger partial charge is 0.388 e. The third-order valence-corrected chi connectivity index (χ3v) is 4.39. The van der Waals surface area contributed by atoms with E-state index in [4.69, 9.17) is 5.73 Å². The van der Waals surface area contributed by atoms with Crippen LogP contribution in [0.2, 0.25) is 0 Å². The summed E-state index contributed by atoms with van der Waals surface area (Å²) >= 11 is 0. The summed E-state index contributed by atoms with van der Waals surface area (Å²) in [6, 6.07) is 0. The minimum atomic E-state index is -0.768. The van der Waals surface area contributed by atoms with Gasteiger partial charge >= 0.3 is 0 Å². The van der Waals surface area contributed by atoms with Crippen LogP contribution in [0, 0.1) is 11.3 Å². The van der Waals surface area contributed by atoms with Crippen molar-refractivity contribution in [1.82, 2.24) is 5.32 Å². The van der Waals surface area contributed by atoms with Gasteiger partial charge in [0.1, 0.15) is 0 Å². The van der Waals surface area contributed by atoms with Crippen LogP contribution in [0.3, 0.4) is 0 Å². The fourth-order valence-corrected chi connectivity index (χ4v) is 2.37. The van der Waals surface area contributed by atoms with Crippen molar-refractivity contribution < 1.29 is 9.90 Å². The fourth-order valence-electron chi connectivity index (χ4n) is 2.37. The molecule has 0 aliphatic rings. The van der Waals surface area contributed by atoms with Gasteiger partial charge in [-0.2, -0.15) is 0 Å². The summed E-state index contributed by atoms with van der Waals surface area (Å²) in [5.41, 5.74) is 5.06. The van der Waals surface area contributed by atoms with Gasteiger partial charge in [0.25, 0.3) is 0 Å². The molecule has 0 aliphatic carbocycles. The molecule has 0 saturated heterocycles. The molecule has 1 atom stereocenters. The van der Waals surface area contributed by atoms with Crippen LogP contribution in [-0.2, 0) is 4.79 Å². The van der Waals surface area contributed by atoms with Crippen LogP contribution >= 0.6 is 0 Å². The van der Waals surface area contributed by atoms with Crippen molar-refractivity contribution in [2.45, 2.75) is 72.3 Å². The Bertz CT molecular complexity index is 281. The molecule has 20 heavy (non-hydrogen) atoms. The molecule has 0 aliphatic heterocycles. The number of nitrogens with one attached hydrogen (secondary N) is 1. The third kappa shape index (κ3) is 7.25. The van der Waals surface area contributed by atoms with Crippen LogP contribution in [0.1, 0.15) is 66.7 Å². The van der Waals surface area contributed by atoms with Gasteiger partial charge in [-0.3, -0.25) is 4.79 Å². The molecule has 120 valence electrons. The lowest BCUT2D eigenvalue weighted by atomic mass is 9.76. The van der Waals surface area contributed by atoms with Gasteiger partial charge in [-0.15, -0.1) is 0 Å². The van der Waals surface area contributed by atoms with E-state index in [-0.39, 0.29) is 11.3 Å². The molecule has 4 nitrogen and oxygen atoms in total. The first kappa shape index (κ1) is 19.4. The Morgan fingerprint density at radius 1 is 1.20 bits per heavy atom. The molecule has 0 aromatic rings. The van der Waals surface area contributed by atoms with Crippen LogP contribution in [-0.4, -0.2) is 29.7 Å². The molecular formula is C16H34N2O2. The molecule has 0 aromatic carbocycles. The van der Waals surface area contributed by atoms with E-state index >= 15 is 0 Å². The zero-order valence-corrected chi connectivity index (χ0v) is 14.0. The van der Waals surface area contributed by atoms with E-state index < -0.39 is 5.60 Å². The molecule has 4 N–H and O–H groups in total. The van der Waals surface area contributed by atoms with E-state index in [1.54, 1.807) is 0 Å². The maximum atomic E-state index is 11.9. The summed E-state index contributed by atoms with van der Waals surface area (Å²) in [5.74, 6) is 0.478. The van der Waals surface area contributed by atoms with Crippen molar-refractivity contribution in [3.05, 3.63) is 0 Å². The highest BCUT2D eigenvalue weighted by Gasteiger charge is 2.25. The van der Waals surface area contributed by atoms with Gasteiger partial charge in [-0.25, -0.2) is 0 Å². The normalized spacial score (nSPS) is 14.2. The number of amides is 1. The highest BCUT2D eigenvalue weighted by Crippen LogP contribution is 2.32. The summed E-state index contributed by atoms with van der Waals surface area (Å²) in [4.78, 5) is 11.9. The highest BCUT2D eigenvalue weighted by atomic mass is 16.3. The Hall–Kier alpha value is -0.610. The maximum absolute atomic E-state index is 11.9. The predicted octanol–water partition coefficient (Wildman–Crippen LogP) is 2.45. The van der Waals surface area contributed by atoms with Gasteiger partial charge in [-0.05, 0) is 43.6 Å². The summed E-state index contributed by atoms with van der Waals surface area (Å²) in [6.45, 7) is 11.5. The van der Waals surface area contributed by atoms with Crippen molar-refractivity contribution >= 4 is 5.91 Å². The van der Waals surface area contributed by atoms with E-state index in [0.717, 1.165) is 12.8 Å². The summed E-state index contributed by atoms with van der Waals surface area (Å²) < 4.78 is 0. The minimum absolute atomic E-state index is 0.0246. The molecular weight excluding hydrogens is 252 g/mol. The Balaban J connectivity index is 4.21. The van der Waals surface area contributed by atoms with E-state index in [1.165, 1.54) is 0 Å². The summed E-state index contributed by atoms with van der Waals surface area (Å²) in [5, 5.41) is 13.0. The molecule has 0 fully saturated rings. The first-order valence-corrected chi connectivity index (χ1v) is 7.87. The van der Waals surface area contributed by atoms with Gasteiger partial charge < -0.3 is 16.2 Å². The number of hydrogen-bond acceptors (Lipinski definition) is 3. The first-order valence-electron chi connectivity index (χ1n) is 7.87. The Morgan fingerprint density at radius 3 is 2.15 bits per heavy atom. The average Bonchev–Trinajstić information content (AvgIpc) is 2.39. The maximum Gasteiger partial charge on any atom is 0.220 e. The van der Waals surface area contributed by atoms with E-state index in [1.807, 2.05) is 13.8 Å². The van der Waals surface area contributed by atoms with Crippen LogP contribution in [0.5, 0.6) is 0 Å². The number of carbonyl (C=O) groups is 1. The topological polar surface area (TPSA) is 75.3 Å². The summed E-state index contributed by atoms with van der Waals surface area (Å²) in [7, 11) is 0. The SMILES string of the molecule is CCC(O)(CC)CNC(=O)CCC(CCN)C(C)(C)C. The van der Waals surface area contributed by atoms with Gasteiger partial charge in [0, 0.05) is 13.0 Å². The van der Waals surface area contributed by atoms with Crippen molar-refractivity contribution in [1.29, 1.82) is 0 Å². The lowest BCUT2D eigenvalue weighted by Gasteiger charge is -2.30. The van der Waals surface area contributed by atoms with Crippen molar-refractivity contribution in [2.24, 2.45) is 17.1 Å². The van der Waals surface area contributed by atoms with Crippen LogP contribution in [0.25, 0.3) is 0 Å². The lowest BCUT2D eigenvalue weighted by Crippen LogP contribution is -2.42. The number of nitrogens with two attached hydrogens (primary N) is 1. The van der Waals surface area contributed by atoms with E-state index in [2.05, 4.69) is 26.1 Å². The second kappa shape index (κ2) is 8.63. The Morgan fingerprint density at radius 2 is 1.75 bits per heavy atom. The van der Waals surface area contributed by atoms with Crippen molar-refractivity contribution in [3.63, 3.8) is 0 Å². The summed E-state index contributed by atoms with van der Waals surface area (Å²) in [6.07, 6.45) is 3.61. The molecule has 1 amide bonds. The van der Waals surface area contributed by atoms with Crippen molar-refractivity contribution in [3.8, 4) is 0 Å². The van der Waals surface area contributed by atoms with Crippen LogP contribution < -0.4 is 11.1 Å². The van der Waals surface area contributed by atoms with Crippen molar-refractivity contribution in [2.75, 3.05) is 13.1 Å². The van der Waals surface area contributed by atoms with Gasteiger partial charge in [0.05, 0.1) is 5.60 Å². The average molecular weight is 286 g/mol. The molecule has 0 saturated carbocycles. The molecule has 1 unspecified atom stereocenters. The predicted molar refractivity (Wildman–Crippen MR) is 84.4 cm³/mol. The van der Waals surface area contributed by atoms with E-state index in [0.29, 0.717) is 38.3 Å². The molecule has 0 spiro atoms. The quantitative estimate of drug-likeness (QED) is 0.609. The van der Waals surface area contributed by atoms with Crippen LogP contribution in [0.4, 0.5) is 0 Å². The standard InChI is InChI=1S/C16H34N2O2/c1-6-16(20,7-2)12-18-14(19)9-8-13(10-11-17)15(3,4)5/h13,20H,6-12,17H2,1-5H3,(H,18,19). The lowest BCUT2D eigenvalue weighted by molar-refractivity contribution is -0.122. The zero-order valence-electron chi connectivity index (χ0n) is 14.0. The highest BCUT2D eigenvalue weighted by molar-refractivity contribution is 5.75. The monoisotopic (exact) mass is 286 g/mol. The molecule has 0 bridgehead atoms. The fraction of sp³-hybridized carbons (Fsp3) is 0.938. The van der Waals surface area contributed by atoms with E-state index in [9.17, 15) is 9.90 Å². The number of rotatable bonds is 9. The number of carbonyl (C=O) groups excluding carboxylic acids is 1. The molecule has 0 radical (unpaired) electrons. The molecule has 4 heteroatoms. The van der Waals surface area contributed by atoms with Gasteiger partial charge in [-0.1, -0.05) is 34.6 Å². The van der Waals surface area contributed by atoms with Gasteiger partial charge in [0.2, 0.25) is 5.91 Å². The minimum Gasteiger partial charge on any atom is -0.388 e. The molecule has 0 aromatic heterocycles. The molecule has 0 rings (SSSR count). The Labute approximate surface area is 124 Å². The first-order chi connectivity index (χ1) is 9.18. The Kier molecular flexibility index (Phi) is 8.36. The number of aliphatic hydroxyl groups is 1. The zero-order chi connectivity index (χ0) is 15.8. The third-order valence-electron chi connectivity index (χ3n) is 4.39. The molecule has 0 heterocycles. The number of hydrogen-bond donors (Lipinski definition) is 3. The smallest absolute Gasteiger partial charge is 0.220 e. The second-order valence-corrected chi connectivity index (χ2v) is 6.89. The van der Waals surface area contributed by atoms with Crippen LogP contribution in [0.15, 0.2) is 0 Å².